The number of hydrogen-bond acceptors (Lipinski definition) is 4. The maximum Gasteiger partial charge on any atom is 0.248 e. The van der Waals surface area contributed by atoms with Crippen LogP contribution in [0.2, 0.25) is 0 Å². The van der Waals surface area contributed by atoms with Crippen molar-refractivity contribution in [3.05, 3.63) is 28.2 Å². The van der Waals surface area contributed by atoms with Crippen LogP contribution >= 0.6 is 15.9 Å². The average Bonchev–Trinajstić information content (AvgIpc) is 2.25. The van der Waals surface area contributed by atoms with E-state index in [1.165, 1.54) is 18.2 Å². The highest BCUT2D eigenvalue weighted by molar-refractivity contribution is 9.10. The van der Waals surface area contributed by atoms with Gasteiger partial charge in [-0.15, -0.1) is 0 Å². The second-order valence-electron chi connectivity index (χ2n) is 4.59. The molecule has 5 N–H and O–H groups in total. The minimum atomic E-state index is -3.67. The number of benzene rings is 1. The van der Waals surface area contributed by atoms with Gasteiger partial charge in [-0.1, -0.05) is 15.9 Å². The number of hydrogen-bond donors (Lipinski definition) is 3. The summed E-state index contributed by atoms with van der Waals surface area (Å²) in [5.74, 6) is -0.677. The molecule has 1 aromatic rings. The first kappa shape index (κ1) is 14.4. The molecular formula is C11H14BrN3O3S. The molecule has 104 valence electrons. The molecule has 6 nitrogen and oxygen atoms in total. The third kappa shape index (κ3) is 3.33. The Morgan fingerprint density at radius 1 is 1.32 bits per heavy atom. The van der Waals surface area contributed by atoms with Crippen LogP contribution in [0.15, 0.2) is 27.6 Å². The van der Waals surface area contributed by atoms with Gasteiger partial charge in [0, 0.05) is 22.1 Å². The van der Waals surface area contributed by atoms with Crippen LogP contribution < -0.4 is 16.2 Å². The summed E-state index contributed by atoms with van der Waals surface area (Å²) in [4.78, 5) is 11.1. The van der Waals surface area contributed by atoms with Crippen LogP contribution in [0, 0.1) is 0 Å². The maximum atomic E-state index is 12.1. The zero-order valence-electron chi connectivity index (χ0n) is 9.97. The van der Waals surface area contributed by atoms with Gasteiger partial charge in [-0.05, 0) is 31.0 Å². The topological polar surface area (TPSA) is 115 Å². The van der Waals surface area contributed by atoms with E-state index in [0.717, 1.165) is 0 Å². The van der Waals surface area contributed by atoms with Crippen molar-refractivity contribution in [2.75, 3.05) is 0 Å². The number of halogens is 1. The third-order valence-corrected chi connectivity index (χ3v) is 4.92. The minimum Gasteiger partial charge on any atom is -0.366 e. The normalized spacial score (nSPS) is 22.8. The molecule has 0 atom stereocenters. The fourth-order valence-corrected chi connectivity index (χ4v) is 3.88. The molecule has 1 saturated carbocycles. The van der Waals surface area contributed by atoms with E-state index in [0.29, 0.717) is 17.3 Å². The highest BCUT2D eigenvalue weighted by Gasteiger charge is 2.30. The monoisotopic (exact) mass is 347 g/mol. The molecule has 0 aliphatic heterocycles. The first-order valence-corrected chi connectivity index (χ1v) is 7.94. The largest absolute Gasteiger partial charge is 0.366 e. The van der Waals surface area contributed by atoms with Gasteiger partial charge in [0.15, 0.2) is 0 Å². The van der Waals surface area contributed by atoms with E-state index in [2.05, 4.69) is 20.7 Å². The second kappa shape index (κ2) is 5.20. The zero-order valence-corrected chi connectivity index (χ0v) is 12.4. The second-order valence-corrected chi connectivity index (χ2v) is 7.22. The van der Waals surface area contributed by atoms with Gasteiger partial charge in [0.25, 0.3) is 0 Å². The molecule has 0 aromatic heterocycles. The van der Waals surface area contributed by atoms with Gasteiger partial charge in [-0.25, -0.2) is 13.1 Å². The fourth-order valence-electron chi connectivity index (χ4n) is 1.91. The number of carbonyl (C=O) groups excluding carboxylic acids is 1. The molecule has 0 saturated heterocycles. The van der Waals surface area contributed by atoms with Crippen molar-refractivity contribution in [1.29, 1.82) is 0 Å². The van der Waals surface area contributed by atoms with Gasteiger partial charge in [0.05, 0.1) is 4.90 Å². The lowest BCUT2D eigenvalue weighted by molar-refractivity contribution is 0.1000. The van der Waals surface area contributed by atoms with Gasteiger partial charge >= 0.3 is 0 Å². The van der Waals surface area contributed by atoms with Gasteiger partial charge in [-0.3, -0.25) is 4.79 Å². The average molecular weight is 348 g/mol. The highest BCUT2D eigenvalue weighted by Crippen LogP contribution is 2.23. The van der Waals surface area contributed by atoms with Crippen molar-refractivity contribution in [2.24, 2.45) is 11.5 Å². The van der Waals surface area contributed by atoms with Crippen LogP contribution in [0.3, 0.4) is 0 Å². The summed E-state index contributed by atoms with van der Waals surface area (Å²) < 4.78 is 27.3. The van der Waals surface area contributed by atoms with Crippen molar-refractivity contribution in [3.63, 3.8) is 0 Å². The van der Waals surface area contributed by atoms with E-state index in [1.54, 1.807) is 0 Å². The zero-order chi connectivity index (χ0) is 14.2. The van der Waals surface area contributed by atoms with Crippen LogP contribution in [0.25, 0.3) is 0 Å². The van der Waals surface area contributed by atoms with Gasteiger partial charge in [0.1, 0.15) is 0 Å². The van der Waals surface area contributed by atoms with Crippen LogP contribution in [-0.4, -0.2) is 26.4 Å². The Hall–Kier alpha value is -0.960. The van der Waals surface area contributed by atoms with Crippen LogP contribution in [0.1, 0.15) is 23.2 Å². The Bertz CT molecular complexity index is 612. The summed E-state index contributed by atoms with van der Waals surface area (Å²) in [6, 6.07) is 4.06. The summed E-state index contributed by atoms with van der Waals surface area (Å²) in [5, 5.41) is 0. The predicted molar refractivity (Wildman–Crippen MR) is 74.0 cm³/mol. The highest BCUT2D eigenvalue weighted by atomic mass is 79.9. The molecule has 19 heavy (non-hydrogen) atoms. The summed E-state index contributed by atoms with van der Waals surface area (Å²) in [5.41, 5.74) is 10.9. The molecule has 0 unspecified atom stereocenters. The number of amides is 1. The van der Waals surface area contributed by atoms with Crippen molar-refractivity contribution in [1.82, 2.24) is 4.72 Å². The lowest BCUT2D eigenvalue weighted by Gasteiger charge is -2.32. The smallest absolute Gasteiger partial charge is 0.248 e. The van der Waals surface area contributed by atoms with Crippen molar-refractivity contribution < 1.29 is 13.2 Å². The van der Waals surface area contributed by atoms with E-state index in [9.17, 15) is 13.2 Å². The molecule has 1 aliphatic rings. The van der Waals surface area contributed by atoms with Crippen LogP contribution in [-0.2, 0) is 10.0 Å². The molecular weight excluding hydrogens is 334 g/mol. The molecule has 2 rings (SSSR count). The lowest BCUT2D eigenvalue weighted by atomic mass is 9.89. The Morgan fingerprint density at radius 2 is 1.95 bits per heavy atom. The van der Waals surface area contributed by atoms with E-state index < -0.39 is 15.9 Å². The Balaban J connectivity index is 2.27. The number of primary amides is 1. The Morgan fingerprint density at radius 3 is 2.47 bits per heavy atom. The fraction of sp³-hybridized carbons (Fsp3) is 0.364. The minimum absolute atomic E-state index is 0.0103. The van der Waals surface area contributed by atoms with Gasteiger partial charge in [-0.2, -0.15) is 0 Å². The molecule has 0 bridgehead atoms. The quantitative estimate of drug-likeness (QED) is 0.727. The summed E-state index contributed by atoms with van der Waals surface area (Å²) in [6.07, 6.45) is 1.24. The van der Waals surface area contributed by atoms with E-state index in [1.807, 2.05) is 0 Å². The van der Waals surface area contributed by atoms with Crippen LogP contribution in [0.4, 0.5) is 0 Å². The predicted octanol–water partition coefficient (Wildman–Crippen LogP) is 0.316. The van der Waals surface area contributed by atoms with Crippen molar-refractivity contribution >= 4 is 31.9 Å². The van der Waals surface area contributed by atoms with E-state index >= 15 is 0 Å². The number of nitrogens with two attached hydrogens (primary N) is 2. The first-order valence-electron chi connectivity index (χ1n) is 5.66. The summed E-state index contributed by atoms with van der Waals surface area (Å²) in [6.45, 7) is 0. The van der Waals surface area contributed by atoms with Crippen molar-refractivity contribution in [3.8, 4) is 0 Å². The van der Waals surface area contributed by atoms with Gasteiger partial charge in [0.2, 0.25) is 15.9 Å². The molecule has 1 fully saturated rings. The number of sulfonamides is 1. The third-order valence-electron chi connectivity index (χ3n) is 2.96. The molecule has 8 heteroatoms. The number of carbonyl (C=O) groups is 1. The summed E-state index contributed by atoms with van der Waals surface area (Å²) in [7, 11) is -3.67. The van der Waals surface area contributed by atoms with Crippen LogP contribution in [0.5, 0.6) is 0 Å². The first-order chi connectivity index (χ1) is 8.78. The molecule has 1 amide bonds. The molecule has 0 radical (unpaired) electrons. The van der Waals surface area contributed by atoms with E-state index in [4.69, 9.17) is 11.5 Å². The Labute approximate surface area is 119 Å². The maximum absolute atomic E-state index is 12.1. The number of nitrogens with one attached hydrogen (secondary N) is 1. The molecule has 0 heterocycles. The number of rotatable bonds is 4. The molecule has 0 spiro atoms. The SMILES string of the molecule is NC(=O)c1cc(Br)cc(S(=O)(=O)NC2CC(N)C2)c1. The van der Waals surface area contributed by atoms with Crippen molar-refractivity contribution in [2.45, 2.75) is 29.8 Å². The summed E-state index contributed by atoms with van der Waals surface area (Å²) >= 11 is 3.16. The Kier molecular flexibility index (Phi) is 3.95. The molecule has 1 aromatic carbocycles. The van der Waals surface area contributed by atoms with E-state index in [-0.39, 0.29) is 22.5 Å². The lowest BCUT2D eigenvalue weighted by Crippen LogP contribution is -2.50. The molecule has 1 aliphatic carbocycles. The van der Waals surface area contributed by atoms with Gasteiger partial charge < -0.3 is 11.5 Å². The standard InChI is InChI=1S/C11H14BrN3O3S/c12-7-1-6(11(14)16)2-10(3-7)19(17,18)15-9-4-8(13)5-9/h1-3,8-9,15H,4-5,13H2,(H2,14,16).